The van der Waals surface area contributed by atoms with Crippen LogP contribution in [0.4, 0.5) is 4.39 Å². The molecule has 19 nitrogen and oxygen atoms in total. The summed E-state index contributed by atoms with van der Waals surface area (Å²) in [5.74, 6) is -1.09. The Kier molecular flexibility index (Phi) is 27.0. The van der Waals surface area contributed by atoms with Crippen molar-refractivity contribution >= 4 is 45.5 Å². The fourth-order valence-corrected chi connectivity index (χ4v) is 10.3. The van der Waals surface area contributed by atoms with Gasteiger partial charge in [0.15, 0.2) is 0 Å². The number of amides is 5. The fraction of sp³-hybridized carbons (Fsp3) is 0.319. The van der Waals surface area contributed by atoms with Gasteiger partial charge < -0.3 is 15.8 Å². The van der Waals surface area contributed by atoms with Gasteiger partial charge in [-0.05, 0) is 113 Å². The number of nitrogens with two attached hydrogens (primary N) is 1. The van der Waals surface area contributed by atoms with Gasteiger partial charge in [0, 0.05) is 61.3 Å². The van der Waals surface area contributed by atoms with Crippen molar-refractivity contribution in [3.05, 3.63) is 216 Å². The molecular weight excluding hydrogens is 1210 g/mol. The molecule has 0 bridgehead atoms. The lowest BCUT2D eigenvalue weighted by atomic mass is 10.1. The summed E-state index contributed by atoms with van der Waals surface area (Å²) in [6, 6.07) is 50.1. The van der Waals surface area contributed by atoms with Crippen molar-refractivity contribution < 1.29 is 33.1 Å². The number of aryl methyl sites for hydroxylation is 3. The van der Waals surface area contributed by atoms with Crippen molar-refractivity contribution in [3.63, 3.8) is 0 Å². The van der Waals surface area contributed by atoms with Crippen LogP contribution in [0.5, 0.6) is 0 Å². The number of alkyl halides is 1. The molecule has 3 aromatic heterocycles. The monoisotopic (exact) mass is 1280 g/mol. The Morgan fingerprint density at radius 2 is 0.800 bits per heavy atom. The highest BCUT2D eigenvalue weighted by atomic mass is 79.9. The minimum Gasteiger partial charge on any atom is -0.367 e. The van der Waals surface area contributed by atoms with Gasteiger partial charge in [-0.15, -0.1) is 15.3 Å². The molecular formula is C69H77BrFN13O6. The Balaban J connectivity index is 0.000000159. The number of carbonyl (C=O) groups excluding carboxylic acids is 5. The van der Waals surface area contributed by atoms with Gasteiger partial charge in [0.1, 0.15) is 29.5 Å². The first-order chi connectivity index (χ1) is 44.1. The highest BCUT2D eigenvalue weighted by molar-refractivity contribution is 9.09. The summed E-state index contributed by atoms with van der Waals surface area (Å²) in [6.45, 7) is 5.14. The van der Waals surface area contributed by atoms with Gasteiger partial charge in [-0.3, -0.25) is 47.8 Å². The number of ether oxygens (including phenoxy) is 1. The zero-order valence-electron chi connectivity index (χ0n) is 50.6. The molecule has 5 amide bonds. The van der Waals surface area contributed by atoms with Crippen LogP contribution in [-0.2, 0) is 35.8 Å². The molecule has 9 aromatic rings. The van der Waals surface area contributed by atoms with Gasteiger partial charge in [-0.1, -0.05) is 172 Å². The van der Waals surface area contributed by atoms with Crippen molar-refractivity contribution in [2.24, 2.45) is 5.73 Å². The highest BCUT2D eigenvalue weighted by Crippen LogP contribution is 2.25. The molecule has 0 spiro atoms. The van der Waals surface area contributed by atoms with Crippen LogP contribution >= 0.6 is 15.9 Å². The highest BCUT2D eigenvalue weighted by Gasteiger charge is 2.35. The second-order valence-electron chi connectivity index (χ2n) is 21.5. The smallest absolute Gasteiger partial charge is 0.261 e. The number of fused-ring (bicyclic) bond motifs is 2. The average Bonchev–Trinajstić information content (AvgIpc) is 1.97. The molecule has 468 valence electrons. The number of nitrogens with zero attached hydrogens (tertiary/aromatic N) is 11. The summed E-state index contributed by atoms with van der Waals surface area (Å²) in [5.41, 5.74) is 14.3. The molecule has 0 aliphatic carbocycles. The van der Waals surface area contributed by atoms with Crippen molar-refractivity contribution in [1.82, 2.24) is 60.1 Å². The minimum atomic E-state index is -0.285. The number of nitrogens with one attached hydrogen (secondary N) is 1. The second kappa shape index (κ2) is 36.3. The van der Waals surface area contributed by atoms with Gasteiger partial charge in [0.25, 0.3) is 23.6 Å². The van der Waals surface area contributed by atoms with Gasteiger partial charge in [-0.25, -0.2) is 4.39 Å². The molecule has 6 aromatic carbocycles. The quantitative estimate of drug-likeness (QED) is 0.0253. The van der Waals surface area contributed by atoms with E-state index < -0.39 is 0 Å². The number of unbranched alkanes of at least 4 members (excludes halogenated alkanes) is 8. The molecule has 0 saturated carbocycles. The molecule has 0 fully saturated rings. The Morgan fingerprint density at radius 1 is 0.444 bits per heavy atom. The van der Waals surface area contributed by atoms with Crippen molar-refractivity contribution in [1.29, 1.82) is 0 Å². The van der Waals surface area contributed by atoms with Gasteiger partial charge in [-0.2, -0.15) is 0 Å². The Labute approximate surface area is 532 Å². The maximum absolute atomic E-state index is 12.8. The summed E-state index contributed by atoms with van der Waals surface area (Å²) >= 11 is 3.36. The van der Waals surface area contributed by atoms with E-state index in [2.05, 4.69) is 52.2 Å². The zero-order valence-corrected chi connectivity index (χ0v) is 52.2. The molecule has 0 saturated heterocycles. The number of rotatable bonds is 29. The maximum Gasteiger partial charge on any atom is 0.261 e. The minimum absolute atomic E-state index is 0.00139. The van der Waals surface area contributed by atoms with Crippen LogP contribution in [0.25, 0.3) is 33.8 Å². The molecule has 11 rings (SSSR count). The predicted octanol–water partition coefficient (Wildman–Crippen LogP) is 11.9. The average molecular weight is 1280 g/mol. The number of halogens is 2. The Hall–Kier alpha value is -9.18. The third-order valence-electron chi connectivity index (χ3n) is 14.8. The zero-order chi connectivity index (χ0) is 63.1. The summed E-state index contributed by atoms with van der Waals surface area (Å²) in [5, 5.41) is 28.8. The fourth-order valence-electron chi connectivity index (χ4n) is 9.88. The lowest BCUT2D eigenvalue weighted by Crippen LogP contribution is -2.30. The lowest BCUT2D eigenvalue weighted by molar-refractivity contribution is -0.126. The second-order valence-corrected chi connectivity index (χ2v) is 22.3. The predicted molar refractivity (Wildman–Crippen MR) is 347 cm³/mol. The summed E-state index contributed by atoms with van der Waals surface area (Å²) in [4.78, 5) is 63.0. The molecule has 5 heterocycles. The molecule has 0 atom stereocenters. The number of hydrogen-bond donors (Lipinski definition) is 2. The van der Waals surface area contributed by atoms with Crippen LogP contribution < -0.4 is 11.1 Å². The van der Waals surface area contributed by atoms with E-state index in [9.17, 15) is 28.4 Å². The number of benzene rings is 6. The Bertz CT molecular complexity index is 3590. The molecule has 0 radical (unpaired) electrons. The van der Waals surface area contributed by atoms with E-state index in [1.165, 1.54) is 21.9 Å². The third-order valence-corrected chi connectivity index (χ3v) is 15.3. The molecule has 0 unspecified atom stereocenters. The maximum atomic E-state index is 12.8. The summed E-state index contributed by atoms with van der Waals surface area (Å²) in [7, 11) is 0. The third kappa shape index (κ3) is 20.4. The first kappa shape index (κ1) is 66.8. The van der Waals surface area contributed by atoms with Crippen LogP contribution in [0.2, 0.25) is 0 Å². The van der Waals surface area contributed by atoms with Crippen LogP contribution in [0.1, 0.15) is 124 Å². The van der Waals surface area contributed by atoms with Gasteiger partial charge in [0.05, 0.1) is 47.5 Å². The van der Waals surface area contributed by atoms with Crippen molar-refractivity contribution in [3.8, 4) is 33.8 Å². The Morgan fingerprint density at radius 3 is 1.19 bits per heavy atom. The SMILES string of the molecule is NCCCCCn1cc(-c2ccccc2)nn1.O=C(COCc1ccc(F)cc1)NCCCCCn1cc(-c2ccccc2)nn1.O=C1c2ccccc2C(=O)N1CCCCCBr.O=C1c2ccccc2C(=O)N1CCCCCn1cc(-c2ccccc2)nn1. The van der Waals surface area contributed by atoms with E-state index >= 15 is 0 Å². The van der Waals surface area contributed by atoms with Crippen LogP contribution in [0, 0.1) is 5.82 Å². The van der Waals surface area contributed by atoms with Crippen LogP contribution in [0.3, 0.4) is 0 Å². The molecule has 3 N–H and O–H groups in total. The first-order valence-electron chi connectivity index (χ1n) is 30.7. The van der Waals surface area contributed by atoms with Crippen LogP contribution in [-0.4, -0.2) is 122 Å². The molecule has 90 heavy (non-hydrogen) atoms. The number of imide groups is 2. The van der Waals surface area contributed by atoms with Crippen LogP contribution in [0.15, 0.2) is 182 Å². The van der Waals surface area contributed by atoms with E-state index in [-0.39, 0.29) is 48.6 Å². The topological polar surface area (TPSA) is 231 Å². The van der Waals surface area contributed by atoms with E-state index in [1.54, 1.807) is 60.7 Å². The summed E-state index contributed by atoms with van der Waals surface area (Å²) in [6.07, 6.45) is 17.7. The first-order valence-corrected chi connectivity index (χ1v) is 31.8. The normalized spacial score (nSPS) is 12.2. The van der Waals surface area contributed by atoms with E-state index in [1.807, 2.05) is 124 Å². The number of carbonyl (C=O) groups is 5. The summed E-state index contributed by atoms with van der Waals surface area (Å²) < 4.78 is 23.8. The van der Waals surface area contributed by atoms with Crippen molar-refractivity contribution in [2.45, 2.75) is 103 Å². The standard InChI is InChI=1S/C22H25FN4O2.C21H20N4O2.C13H14BrNO2.C13H18N4/c23-20-11-9-18(10-12-20)16-29-17-22(28)24-13-5-2-6-14-27-15-21(25-26-27)19-7-3-1-4-8-19;26-20-17-11-5-6-12-18(17)21(27)25(20)14-8-2-7-13-24-15-19(22-23-24)16-9-3-1-4-10-16;14-8-4-1-5-9-15-12(16)10-6-2-3-7-11(10)13(15)17;14-9-5-2-6-10-17-11-13(15-16-17)12-7-3-1-4-8-12/h1,3-4,7-12,15H,2,5-6,13-14,16-17H2,(H,24,28);1,3-6,9-12,15H,2,7-8,13-14H2;2-3,6-7H,1,4-5,8-9H2;1,3-4,7-8,11H,2,5-6,9-10,14H2. The molecule has 21 heteroatoms. The van der Waals surface area contributed by atoms with E-state index in [4.69, 9.17) is 10.5 Å². The lowest BCUT2D eigenvalue weighted by Gasteiger charge is -2.13. The molecule has 2 aliphatic rings. The van der Waals surface area contributed by atoms with Gasteiger partial charge in [0.2, 0.25) is 5.91 Å². The van der Waals surface area contributed by atoms with E-state index in [0.717, 1.165) is 148 Å². The van der Waals surface area contributed by atoms with E-state index in [0.29, 0.717) is 41.9 Å². The number of hydrogen-bond acceptors (Lipinski definition) is 13. The number of aromatic nitrogens is 9. The molecule has 2 aliphatic heterocycles. The van der Waals surface area contributed by atoms with Gasteiger partial charge >= 0.3 is 0 Å². The largest absolute Gasteiger partial charge is 0.367 e. The van der Waals surface area contributed by atoms with Crippen molar-refractivity contribution in [2.75, 3.05) is 38.1 Å².